The van der Waals surface area contributed by atoms with E-state index in [-0.39, 0.29) is 11.9 Å². The van der Waals surface area contributed by atoms with Gasteiger partial charge in [-0.05, 0) is 41.8 Å². The van der Waals surface area contributed by atoms with Gasteiger partial charge in [-0.25, -0.2) is 4.39 Å². The molecule has 2 aromatic rings. The summed E-state index contributed by atoms with van der Waals surface area (Å²) in [5, 5.41) is 0. The standard InChI is InChI=1S/C16H19BrFN3/c1-21(2)14-5-3-4-12(8-14)16(20-19)9-11-6-7-13(17)10-15(11)18/h3-8,10,16,20H,9,19H2,1-2H3. The SMILES string of the molecule is CN(C)c1cccc(C(Cc2ccc(Br)cc2F)NN)c1. The quantitative estimate of drug-likeness (QED) is 0.640. The molecule has 112 valence electrons. The van der Waals surface area contributed by atoms with Crippen LogP contribution in [0.3, 0.4) is 0 Å². The van der Waals surface area contributed by atoms with Crippen molar-refractivity contribution >= 4 is 21.6 Å². The monoisotopic (exact) mass is 351 g/mol. The van der Waals surface area contributed by atoms with Crippen LogP contribution in [0.2, 0.25) is 0 Å². The topological polar surface area (TPSA) is 41.3 Å². The minimum atomic E-state index is -0.228. The first-order valence-corrected chi connectivity index (χ1v) is 7.48. The molecule has 0 radical (unpaired) electrons. The van der Waals surface area contributed by atoms with E-state index in [2.05, 4.69) is 27.4 Å². The van der Waals surface area contributed by atoms with Gasteiger partial charge in [-0.3, -0.25) is 11.3 Å². The largest absolute Gasteiger partial charge is 0.378 e. The van der Waals surface area contributed by atoms with Crippen molar-refractivity contribution in [3.05, 3.63) is 63.9 Å². The fourth-order valence-corrected chi connectivity index (χ4v) is 2.53. The molecule has 0 aliphatic heterocycles. The minimum Gasteiger partial charge on any atom is -0.378 e. The molecule has 1 atom stereocenters. The first-order chi connectivity index (χ1) is 10.0. The summed E-state index contributed by atoms with van der Waals surface area (Å²) in [5.41, 5.74) is 5.53. The van der Waals surface area contributed by atoms with E-state index in [4.69, 9.17) is 5.84 Å². The molecule has 2 rings (SSSR count). The van der Waals surface area contributed by atoms with Crippen LogP contribution < -0.4 is 16.2 Å². The van der Waals surface area contributed by atoms with Crippen molar-refractivity contribution in [2.24, 2.45) is 5.84 Å². The molecule has 0 fully saturated rings. The van der Waals surface area contributed by atoms with E-state index in [9.17, 15) is 4.39 Å². The van der Waals surface area contributed by atoms with Crippen LogP contribution in [-0.4, -0.2) is 14.1 Å². The highest BCUT2D eigenvalue weighted by atomic mass is 79.9. The summed E-state index contributed by atoms with van der Waals surface area (Å²) in [6, 6.07) is 13.0. The normalized spacial score (nSPS) is 12.2. The van der Waals surface area contributed by atoms with Crippen molar-refractivity contribution in [3.8, 4) is 0 Å². The number of rotatable bonds is 5. The summed E-state index contributed by atoms with van der Waals surface area (Å²) in [5.74, 6) is 5.44. The highest BCUT2D eigenvalue weighted by Crippen LogP contribution is 2.24. The van der Waals surface area contributed by atoms with Gasteiger partial charge < -0.3 is 4.90 Å². The number of hydrogen-bond donors (Lipinski definition) is 2. The van der Waals surface area contributed by atoms with Crippen molar-refractivity contribution < 1.29 is 4.39 Å². The Morgan fingerprint density at radius 1 is 1.24 bits per heavy atom. The molecule has 3 nitrogen and oxygen atoms in total. The van der Waals surface area contributed by atoms with Crippen LogP contribution in [-0.2, 0) is 6.42 Å². The lowest BCUT2D eigenvalue weighted by atomic mass is 9.98. The van der Waals surface area contributed by atoms with Crippen molar-refractivity contribution in [1.82, 2.24) is 5.43 Å². The molecule has 5 heteroatoms. The lowest BCUT2D eigenvalue weighted by Crippen LogP contribution is -2.30. The zero-order valence-corrected chi connectivity index (χ0v) is 13.7. The Labute approximate surface area is 133 Å². The van der Waals surface area contributed by atoms with Crippen LogP contribution in [0.15, 0.2) is 46.9 Å². The number of benzene rings is 2. The molecule has 0 aliphatic rings. The number of nitrogens with two attached hydrogens (primary N) is 1. The molecule has 21 heavy (non-hydrogen) atoms. The van der Waals surface area contributed by atoms with Gasteiger partial charge in [-0.1, -0.05) is 34.1 Å². The van der Waals surface area contributed by atoms with Crippen molar-refractivity contribution in [3.63, 3.8) is 0 Å². The fraction of sp³-hybridized carbons (Fsp3) is 0.250. The second-order valence-corrected chi connectivity index (χ2v) is 6.06. The molecule has 0 aromatic heterocycles. The van der Waals surface area contributed by atoms with E-state index in [1.807, 2.05) is 43.3 Å². The maximum atomic E-state index is 14.0. The molecule has 0 bridgehead atoms. The number of anilines is 1. The smallest absolute Gasteiger partial charge is 0.127 e. The number of nitrogens with one attached hydrogen (secondary N) is 1. The number of hydrogen-bond acceptors (Lipinski definition) is 3. The maximum Gasteiger partial charge on any atom is 0.127 e. The third-order valence-corrected chi connectivity index (χ3v) is 3.92. The predicted molar refractivity (Wildman–Crippen MR) is 88.6 cm³/mol. The summed E-state index contributed by atoms with van der Waals surface area (Å²) in [6.07, 6.45) is 0.493. The average molecular weight is 352 g/mol. The Morgan fingerprint density at radius 3 is 2.62 bits per heavy atom. The highest BCUT2D eigenvalue weighted by molar-refractivity contribution is 9.10. The van der Waals surface area contributed by atoms with Gasteiger partial charge in [0, 0.05) is 24.3 Å². The van der Waals surface area contributed by atoms with E-state index in [1.54, 1.807) is 6.07 Å². The van der Waals surface area contributed by atoms with Crippen LogP contribution in [0.25, 0.3) is 0 Å². The zero-order valence-electron chi connectivity index (χ0n) is 12.1. The lowest BCUT2D eigenvalue weighted by molar-refractivity contribution is 0.529. The van der Waals surface area contributed by atoms with Crippen LogP contribution in [0.5, 0.6) is 0 Å². The van der Waals surface area contributed by atoms with Crippen LogP contribution in [0, 0.1) is 5.82 Å². The molecule has 0 heterocycles. The molecule has 3 N–H and O–H groups in total. The second-order valence-electron chi connectivity index (χ2n) is 5.15. The highest BCUT2D eigenvalue weighted by Gasteiger charge is 2.14. The maximum absolute atomic E-state index is 14.0. The minimum absolute atomic E-state index is 0.138. The Balaban J connectivity index is 2.25. The van der Waals surface area contributed by atoms with Gasteiger partial charge in [0.2, 0.25) is 0 Å². The predicted octanol–water partition coefficient (Wildman–Crippen LogP) is 3.40. The van der Waals surface area contributed by atoms with Crippen molar-refractivity contribution in [1.29, 1.82) is 0 Å². The Bertz CT molecular complexity index is 616. The van der Waals surface area contributed by atoms with Crippen LogP contribution in [0.4, 0.5) is 10.1 Å². The van der Waals surface area contributed by atoms with Gasteiger partial charge in [0.15, 0.2) is 0 Å². The van der Waals surface area contributed by atoms with E-state index in [0.29, 0.717) is 12.0 Å². The average Bonchev–Trinajstić information content (AvgIpc) is 2.46. The van der Waals surface area contributed by atoms with E-state index in [0.717, 1.165) is 15.7 Å². The first kappa shape index (κ1) is 15.9. The van der Waals surface area contributed by atoms with Crippen molar-refractivity contribution in [2.45, 2.75) is 12.5 Å². The van der Waals surface area contributed by atoms with E-state index < -0.39 is 0 Å². The van der Waals surface area contributed by atoms with Crippen molar-refractivity contribution in [2.75, 3.05) is 19.0 Å². The summed E-state index contributed by atoms with van der Waals surface area (Å²) in [4.78, 5) is 2.03. The molecule has 0 aliphatic carbocycles. The molecule has 0 spiro atoms. The number of hydrazine groups is 1. The van der Waals surface area contributed by atoms with Gasteiger partial charge in [0.05, 0.1) is 6.04 Å². The van der Waals surface area contributed by atoms with Gasteiger partial charge in [0.25, 0.3) is 0 Å². The van der Waals surface area contributed by atoms with Gasteiger partial charge in [-0.15, -0.1) is 0 Å². The summed E-state index contributed by atoms with van der Waals surface area (Å²) in [6.45, 7) is 0. The van der Waals surface area contributed by atoms with E-state index >= 15 is 0 Å². The zero-order chi connectivity index (χ0) is 15.4. The summed E-state index contributed by atoms with van der Waals surface area (Å²) < 4.78 is 14.7. The summed E-state index contributed by atoms with van der Waals surface area (Å²) in [7, 11) is 3.97. The molecule has 0 amide bonds. The Hall–Kier alpha value is -1.43. The van der Waals surface area contributed by atoms with Gasteiger partial charge in [0.1, 0.15) is 5.82 Å². The van der Waals surface area contributed by atoms with Crippen LogP contribution in [0.1, 0.15) is 17.2 Å². The molecular formula is C16H19BrFN3. The first-order valence-electron chi connectivity index (χ1n) is 6.68. The van der Waals surface area contributed by atoms with Gasteiger partial charge in [-0.2, -0.15) is 0 Å². The number of nitrogens with zero attached hydrogens (tertiary/aromatic N) is 1. The molecule has 0 saturated heterocycles. The molecular weight excluding hydrogens is 333 g/mol. The lowest BCUT2D eigenvalue weighted by Gasteiger charge is -2.20. The van der Waals surface area contributed by atoms with Crippen LogP contribution >= 0.6 is 15.9 Å². The second kappa shape index (κ2) is 7.02. The number of halogens is 2. The van der Waals surface area contributed by atoms with E-state index in [1.165, 1.54) is 6.07 Å². The Morgan fingerprint density at radius 2 is 2.00 bits per heavy atom. The Kier molecular flexibility index (Phi) is 5.33. The molecule has 0 saturated carbocycles. The third-order valence-electron chi connectivity index (χ3n) is 3.43. The van der Waals surface area contributed by atoms with Gasteiger partial charge >= 0.3 is 0 Å². The third kappa shape index (κ3) is 4.03. The molecule has 2 aromatic carbocycles. The fourth-order valence-electron chi connectivity index (χ4n) is 2.20. The molecule has 1 unspecified atom stereocenters. The summed E-state index contributed by atoms with van der Waals surface area (Å²) >= 11 is 3.26.